The van der Waals surface area contributed by atoms with Crippen LogP contribution in [0.15, 0.2) is 60.7 Å². The van der Waals surface area contributed by atoms with Gasteiger partial charge in [-0.2, -0.15) is 0 Å². The summed E-state index contributed by atoms with van der Waals surface area (Å²) in [5.41, 5.74) is 7.43. The predicted molar refractivity (Wildman–Crippen MR) is 151 cm³/mol. The fraction of sp³-hybridized carbons (Fsp3) is 0.406. The number of carbonyl (C=O) groups excluding carboxylic acids is 1. The van der Waals surface area contributed by atoms with Crippen LogP contribution in [-0.4, -0.2) is 44.5 Å². The van der Waals surface area contributed by atoms with Gasteiger partial charge in [-0.3, -0.25) is 0 Å². The molecule has 37 heavy (non-hydrogen) atoms. The van der Waals surface area contributed by atoms with Crippen molar-refractivity contribution in [3.63, 3.8) is 0 Å². The van der Waals surface area contributed by atoms with Crippen LogP contribution in [0.1, 0.15) is 62.4 Å². The number of unbranched alkanes of at least 4 members (excludes halogenated alkanes) is 1. The van der Waals surface area contributed by atoms with Crippen LogP contribution < -0.4 is 9.64 Å². The lowest BCUT2D eigenvalue weighted by molar-refractivity contribution is 0.0600. The molecule has 1 N–H and O–H groups in total. The van der Waals surface area contributed by atoms with Crippen molar-refractivity contribution in [2.24, 2.45) is 0 Å². The molecule has 0 aliphatic carbocycles. The highest BCUT2D eigenvalue weighted by atomic mass is 16.5. The van der Waals surface area contributed by atoms with Crippen LogP contribution in [0.25, 0.3) is 22.3 Å². The summed E-state index contributed by atoms with van der Waals surface area (Å²) in [5, 5.41) is 9.16. The van der Waals surface area contributed by atoms with Crippen molar-refractivity contribution in [1.29, 1.82) is 0 Å². The Labute approximate surface area is 221 Å². The average molecular weight is 502 g/mol. The second-order valence-electron chi connectivity index (χ2n) is 10.7. The van der Waals surface area contributed by atoms with Gasteiger partial charge in [-0.25, -0.2) is 4.79 Å². The zero-order chi connectivity index (χ0) is 26.4. The number of esters is 1. The Morgan fingerprint density at radius 2 is 1.57 bits per heavy atom. The standard InChI is InChI=1S/C32H39NO4/c1-32(2,3)28-22-26(13-15-29(28)33-17-5-6-18-33)27-21-25(14-16-30(27)37-20-8-7-19-34)23-9-11-24(12-10-23)31(35)36-4/h9-16,21-22,34H,5-8,17-20H2,1-4H3. The number of benzene rings is 3. The summed E-state index contributed by atoms with van der Waals surface area (Å²) < 4.78 is 11.1. The number of nitrogens with zero attached hydrogens (tertiary/aromatic N) is 1. The summed E-state index contributed by atoms with van der Waals surface area (Å²) in [6, 6.07) is 20.6. The minimum Gasteiger partial charge on any atom is -0.493 e. The summed E-state index contributed by atoms with van der Waals surface area (Å²) in [4.78, 5) is 14.4. The zero-order valence-corrected chi connectivity index (χ0v) is 22.5. The van der Waals surface area contributed by atoms with Crippen LogP contribution in [0.4, 0.5) is 5.69 Å². The first-order valence-electron chi connectivity index (χ1n) is 13.3. The van der Waals surface area contributed by atoms with Gasteiger partial charge in [0.25, 0.3) is 0 Å². The molecule has 4 rings (SSSR count). The van der Waals surface area contributed by atoms with Crippen molar-refractivity contribution in [3.05, 3.63) is 71.8 Å². The molecule has 0 bridgehead atoms. The number of ether oxygens (including phenoxy) is 2. The van der Waals surface area contributed by atoms with Crippen molar-refractivity contribution in [3.8, 4) is 28.0 Å². The zero-order valence-electron chi connectivity index (χ0n) is 22.5. The first-order valence-corrected chi connectivity index (χ1v) is 13.3. The number of hydrogen-bond donors (Lipinski definition) is 1. The highest BCUT2D eigenvalue weighted by Crippen LogP contribution is 2.40. The summed E-state index contributed by atoms with van der Waals surface area (Å²) in [6.45, 7) is 9.77. The number of carbonyl (C=O) groups is 1. The number of aliphatic hydroxyl groups excluding tert-OH is 1. The monoisotopic (exact) mass is 501 g/mol. The van der Waals surface area contributed by atoms with E-state index in [0.717, 1.165) is 53.9 Å². The fourth-order valence-electron chi connectivity index (χ4n) is 4.91. The van der Waals surface area contributed by atoms with E-state index in [9.17, 15) is 4.79 Å². The Bertz CT molecular complexity index is 1200. The Kier molecular flexibility index (Phi) is 8.55. The van der Waals surface area contributed by atoms with E-state index in [-0.39, 0.29) is 18.0 Å². The highest BCUT2D eigenvalue weighted by molar-refractivity contribution is 5.90. The molecule has 5 nitrogen and oxygen atoms in total. The molecule has 0 aromatic heterocycles. The quantitative estimate of drug-likeness (QED) is 0.256. The van der Waals surface area contributed by atoms with E-state index >= 15 is 0 Å². The van der Waals surface area contributed by atoms with E-state index in [2.05, 4.69) is 56.0 Å². The summed E-state index contributed by atoms with van der Waals surface area (Å²) >= 11 is 0. The van der Waals surface area contributed by atoms with Crippen LogP contribution >= 0.6 is 0 Å². The molecule has 1 fully saturated rings. The van der Waals surface area contributed by atoms with Gasteiger partial charge in [-0.1, -0.05) is 45.0 Å². The maximum Gasteiger partial charge on any atom is 0.337 e. The van der Waals surface area contributed by atoms with Crippen LogP contribution in [0.5, 0.6) is 5.75 Å². The third-order valence-corrected chi connectivity index (χ3v) is 6.99. The molecule has 0 amide bonds. The number of hydrogen-bond acceptors (Lipinski definition) is 5. The second-order valence-corrected chi connectivity index (χ2v) is 10.7. The maximum atomic E-state index is 11.9. The third kappa shape index (κ3) is 6.34. The first kappa shape index (κ1) is 26.7. The van der Waals surface area contributed by atoms with Gasteiger partial charge in [-0.15, -0.1) is 0 Å². The first-order chi connectivity index (χ1) is 17.8. The van der Waals surface area contributed by atoms with Crippen molar-refractivity contribution < 1.29 is 19.4 Å². The normalized spacial score (nSPS) is 13.6. The largest absolute Gasteiger partial charge is 0.493 e. The SMILES string of the molecule is COC(=O)c1ccc(-c2ccc(OCCCCO)c(-c3ccc(N4CCCC4)c(C(C)(C)C)c3)c2)cc1. The lowest BCUT2D eigenvalue weighted by Gasteiger charge is -2.29. The number of aliphatic hydroxyl groups is 1. The van der Waals surface area contributed by atoms with E-state index in [4.69, 9.17) is 14.6 Å². The van der Waals surface area contributed by atoms with Gasteiger partial charge < -0.3 is 19.5 Å². The van der Waals surface area contributed by atoms with E-state index in [0.29, 0.717) is 12.2 Å². The molecule has 1 heterocycles. The summed E-state index contributed by atoms with van der Waals surface area (Å²) in [5.74, 6) is 0.494. The average Bonchev–Trinajstić information content (AvgIpc) is 3.45. The van der Waals surface area contributed by atoms with Crippen molar-refractivity contribution in [2.45, 2.75) is 51.9 Å². The highest BCUT2D eigenvalue weighted by Gasteiger charge is 2.24. The lowest BCUT2D eigenvalue weighted by Crippen LogP contribution is -2.23. The molecule has 3 aromatic rings. The second kappa shape index (κ2) is 11.8. The summed E-state index contributed by atoms with van der Waals surface area (Å²) in [6.07, 6.45) is 4.01. The van der Waals surface area contributed by atoms with Crippen LogP contribution in [0, 0.1) is 0 Å². The molecular formula is C32H39NO4. The van der Waals surface area contributed by atoms with E-state index in [1.54, 1.807) is 12.1 Å². The Hall–Kier alpha value is -3.31. The van der Waals surface area contributed by atoms with Crippen molar-refractivity contribution in [2.75, 3.05) is 38.3 Å². The number of anilines is 1. The fourth-order valence-corrected chi connectivity index (χ4v) is 4.91. The molecule has 1 aliphatic rings. The lowest BCUT2D eigenvalue weighted by atomic mass is 9.83. The minimum absolute atomic E-state index is 0.00257. The minimum atomic E-state index is -0.341. The van der Waals surface area contributed by atoms with Gasteiger partial charge in [0.1, 0.15) is 5.75 Å². The summed E-state index contributed by atoms with van der Waals surface area (Å²) in [7, 11) is 1.39. The van der Waals surface area contributed by atoms with Gasteiger partial charge in [0.05, 0.1) is 19.3 Å². The van der Waals surface area contributed by atoms with Gasteiger partial charge in [0.2, 0.25) is 0 Å². The molecule has 0 atom stereocenters. The van der Waals surface area contributed by atoms with Gasteiger partial charge >= 0.3 is 5.97 Å². The van der Waals surface area contributed by atoms with Gasteiger partial charge in [0, 0.05) is 30.9 Å². The van der Waals surface area contributed by atoms with Crippen molar-refractivity contribution >= 4 is 11.7 Å². The van der Waals surface area contributed by atoms with E-state index in [1.807, 2.05) is 18.2 Å². The molecule has 0 radical (unpaired) electrons. The third-order valence-electron chi connectivity index (χ3n) is 6.99. The number of methoxy groups -OCH3 is 1. The Balaban J connectivity index is 1.76. The molecule has 3 aromatic carbocycles. The number of rotatable bonds is 9. The predicted octanol–water partition coefficient (Wildman–Crippen LogP) is 6.86. The van der Waals surface area contributed by atoms with Crippen molar-refractivity contribution in [1.82, 2.24) is 0 Å². The van der Waals surface area contributed by atoms with Crippen LogP contribution in [0.3, 0.4) is 0 Å². The van der Waals surface area contributed by atoms with Crippen LogP contribution in [0.2, 0.25) is 0 Å². The molecule has 1 saturated heterocycles. The van der Waals surface area contributed by atoms with Gasteiger partial charge in [-0.05, 0) is 89.8 Å². The molecule has 5 heteroatoms. The Morgan fingerprint density at radius 3 is 2.22 bits per heavy atom. The molecule has 1 aliphatic heterocycles. The Morgan fingerprint density at radius 1 is 0.892 bits per heavy atom. The molecule has 0 saturated carbocycles. The van der Waals surface area contributed by atoms with Crippen LogP contribution in [-0.2, 0) is 10.2 Å². The maximum absolute atomic E-state index is 11.9. The molecule has 196 valence electrons. The van der Waals surface area contributed by atoms with E-state index < -0.39 is 0 Å². The topological polar surface area (TPSA) is 59.0 Å². The van der Waals surface area contributed by atoms with E-state index in [1.165, 1.54) is 31.2 Å². The van der Waals surface area contributed by atoms with Gasteiger partial charge in [0.15, 0.2) is 0 Å². The smallest absolute Gasteiger partial charge is 0.337 e. The molecule has 0 spiro atoms. The molecular weight excluding hydrogens is 462 g/mol. The molecule has 0 unspecified atom stereocenters.